The summed E-state index contributed by atoms with van der Waals surface area (Å²) in [5.41, 5.74) is 4.50. The number of benzene rings is 2. The summed E-state index contributed by atoms with van der Waals surface area (Å²) in [6.45, 7) is 1.19. The summed E-state index contributed by atoms with van der Waals surface area (Å²) in [6, 6.07) is 15.0. The Balaban J connectivity index is 1.72. The highest BCUT2D eigenvalue weighted by Crippen LogP contribution is 2.21. The molecule has 0 fully saturated rings. The summed E-state index contributed by atoms with van der Waals surface area (Å²) in [4.78, 5) is 12.2. The quantitative estimate of drug-likeness (QED) is 0.938. The third kappa shape index (κ3) is 2.93. The van der Waals surface area contributed by atoms with E-state index in [-0.39, 0.29) is 5.91 Å². The van der Waals surface area contributed by atoms with Crippen LogP contribution in [0.2, 0.25) is 0 Å². The highest BCUT2D eigenvalue weighted by molar-refractivity contribution is 6.04. The topological polar surface area (TPSA) is 62.1 Å². The van der Waals surface area contributed by atoms with Crippen molar-refractivity contribution in [2.24, 2.45) is 0 Å². The van der Waals surface area contributed by atoms with Gasteiger partial charge in [0.2, 0.25) is 0 Å². The molecule has 2 aromatic rings. The van der Waals surface area contributed by atoms with Crippen molar-refractivity contribution in [2.45, 2.75) is 19.6 Å². The van der Waals surface area contributed by atoms with Crippen molar-refractivity contribution in [3.63, 3.8) is 0 Å². The Kier molecular flexibility index (Phi) is 3.67. The Morgan fingerprint density at radius 3 is 2.67 bits per heavy atom. The van der Waals surface area contributed by atoms with Crippen molar-refractivity contribution in [3.8, 4) is 6.07 Å². The number of ether oxygens (including phenoxy) is 1. The molecule has 104 valence electrons. The van der Waals surface area contributed by atoms with Gasteiger partial charge in [0, 0.05) is 11.3 Å². The zero-order valence-corrected chi connectivity index (χ0v) is 11.4. The minimum atomic E-state index is -0.141. The van der Waals surface area contributed by atoms with E-state index >= 15 is 0 Å². The van der Waals surface area contributed by atoms with Crippen LogP contribution in [0, 0.1) is 11.3 Å². The van der Waals surface area contributed by atoms with Crippen molar-refractivity contribution in [3.05, 3.63) is 64.7 Å². The van der Waals surface area contributed by atoms with Gasteiger partial charge in [-0.2, -0.15) is 5.26 Å². The van der Waals surface area contributed by atoms with Gasteiger partial charge >= 0.3 is 0 Å². The van der Waals surface area contributed by atoms with Gasteiger partial charge in [-0.1, -0.05) is 18.2 Å². The lowest BCUT2D eigenvalue weighted by Gasteiger charge is -2.07. The van der Waals surface area contributed by atoms with Gasteiger partial charge < -0.3 is 10.1 Å². The zero-order chi connectivity index (χ0) is 14.7. The van der Waals surface area contributed by atoms with Gasteiger partial charge in [0.1, 0.15) is 0 Å². The molecule has 1 aliphatic heterocycles. The van der Waals surface area contributed by atoms with Crippen LogP contribution in [0.4, 0.5) is 5.69 Å². The second-order valence-electron chi connectivity index (χ2n) is 4.96. The molecular weight excluding hydrogens is 264 g/mol. The third-order valence-electron chi connectivity index (χ3n) is 3.48. The van der Waals surface area contributed by atoms with Crippen LogP contribution in [0.3, 0.4) is 0 Å². The third-order valence-corrected chi connectivity index (χ3v) is 3.48. The van der Waals surface area contributed by atoms with E-state index in [1.807, 2.05) is 30.3 Å². The maximum absolute atomic E-state index is 12.2. The van der Waals surface area contributed by atoms with E-state index in [4.69, 9.17) is 10.00 Å². The molecule has 0 spiro atoms. The van der Waals surface area contributed by atoms with Crippen LogP contribution in [-0.2, 0) is 24.4 Å². The number of nitrogens with one attached hydrogen (secondary N) is 1. The number of nitriles is 1. The van der Waals surface area contributed by atoms with Gasteiger partial charge in [-0.05, 0) is 41.0 Å². The molecule has 4 heteroatoms. The lowest BCUT2D eigenvalue weighted by atomic mass is 10.1. The fraction of sp³-hybridized carbons (Fsp3) is 0.176. The average molecular weight is 278 g/mol. The Bertz CT molecular complexity index is 715. The molecule has 2 aromatic carbocycles. The summed E-state index contributed by atoms with van der Waals surface area (Å²) in [5, 5.41) is 11.5. The number of carbonyl (C=O) groups is 1. The van der Waals surface area contributed by atoms with Crippen LogP contribution in [0.25, 0.3) is 0 Å². The van der Waals surface area contributed by atoms with Gasteiger partial charge in [0.05, 0.1) is 25.7 Å². The Morgan fingerprint density at radius 1 is 1.14 bits per heavy atom. The highest BCUT2D eigenvalue weighted by atomic mass is 16.5. The van der Waals surface area contributed by atoms with Crippen LogP contribution in [0.1, 0.15) is 27.0 Å². The van der Waals surface area contributed by atoms with E-state index in [9.17, 15) is 4.79 Å². The molecule has 0 atom stereocenters. The average Bonchev–Trinajstić information content (AvgIpc) is 2.97. The molecule has 0 saturated heterocycles. The van der Waals surface area contributed by atoms with E-state index in [1.54, 1.807) is 12.1 Å². The fourth-order valence-electron chi connectivity index (χ4n) is 2.31. The molecule has 1 heterocycles. The number of hydrogen-bond donors (Lipinski definition) is 1. The zero-order valence-electron chi connectivity index (χ0n) is 11.4. The molecule has 0 bridgehead atoms. The van der Waals surface area contributed by atoms with Crippen molar-refractivity contribution >= 4 is 11.6 Å². The van der Waals surface area contributed by atoms with E-state index in [0.29, 0.717) is 25.2 Å². The Labute approximate surface area is 123 Å². The molecular formula is C17H14N2O2. The molecule has 1 aliphatic rings. The van der Waals surface area contributed by atoms with Crippen LogP contribution in [0.15, 0.2) is 42.5 Å². The van der Waals surface area contributed by atoms with Crippen molar-refractivity contribution in [2.75, 3.05) is 5.32 Å². The fourth-order valence-corrected chi connectivity index (χ4v) is 2.31. The molecule has 3 rings (SSSR count). The highest BCUT2D eigenvalue weighted by Gasteiger charge is 2.14. The Morgan fingerprint density at radius 2 is 1.90 bits per heavy atom. The van der Waals surface area contributed by atoms with Gasteiger partial charge in [-0.15, -0.1) is 0 Å². The Hall–Kier alpha value is -2.64. The number of carbonyl (C=O) groups excluding carboxylic acids is 1. The predicted molar refractivity (Wildman–Crippen MR) is 78.6 cm³/mol. The monoisotopic (exact) mass is 278 g/mol. The number of nitrogens with zero attached hydrogens (tertiary/aromatic N) is 1. The molecule has 0 aliphatic carbocycles. The predicted octanol–water partition coefficient (Wildman–Crippen LogP) is 3.04. The summed E-state index contributed by atoms with van der Waals surface area (Å²) < 4.78 is 5.35. The van der Waals surface area contributed by atoms with Crippen molar-refractivity contribution in [1.29, 1.82) is 5.26 Å². The molecule has 0 radical (unpaired) electrons. The van der Waals surface area contributed by atoms with Crippen LogP contribution in [-0.4, -0.2) is 5.91 Å². The van der Waals surface area contributed by atoms with Gasteiger partial charge in [-0.25, -0.2) is 0 Å². The van der Waals surface area contributed by atoms with E-state index < -0.39 is 0 Å². The van der Waals surface area contributed by atoms with E-state index in [2.05, 4.69) is 11.4 Å². The molecule has 1 amide bonds. The number of anilines is 1. The first-order valence-electron chi connectivity index (χ1n) is 6.73. The summed E-state index contributed by atoms with van der Waals surface area (Å²) in [7, 11) is 0. The minimum Gasteiger partial charge on any atom is -0.372 e. The van der Waals surface area contributed by atoms with Crippen LogP contribution in [0.5, 0.6) is 0 Å². The normalized spacial score (nSPS) is 12.5. The second-order valence-corrected chi connectivity index (χ2v) is 4.96. The number of amides is 1. The maximum Gasteiger partial charge on any atom is 0.255 e. The number of hydrogen-bond acceptors (Lipinski definition) is 3. The molecule has 0 aromatic heterocycles. The smallest absolute Gasteiger partial charge is 0.255 e. The number of rotatable bonds is 3. The SMILES string of the molecule is N#CCc1ccc(NC(=O)c2ccc3c(c2)COC3)cc1. The van der Waals surface area contributed by atoms with Crippen LogP contribution >= 0.6 is 0 Å². The first kappa shape index (κ1) is 13.3. The lowest BCUT2D eigenvalue weighted by molar-refractivity contribution is 0.102. The van der Waals surface area contributed by atoms with Crippen molar-refractivity contribution < 1.29 is 9.53 Å². The number of fused-ring (bicyclic) bond motifs is 1. The van der Waals surface area contributed by atoms with E-state index in [0.717, 1.165) is 22.4 Å². The standard InChI is InChI=1S/C17H14N2O2/c18-8-7-12-1-5-16(6-2-12)19-17(20)13-3-4-14-10-21-11-15(14)9-13/h1-6,9H,7,10-11H2,(H,19,20). The molecule has 4 nitrogen and oxygen atoms in total. The summed E-state index contributed by atoms with van der Waals surface area (Å²) in [6.07, 6.45) is 0.374. The largest absolute Gasteiger partial charge is 0.372 e. The minimum absolute atomic E-state index is 0.141. The first-order chi connectivity index (χ1) is 10.3. The lowest BCUT2D eigenvalue weighted by Crippen LogP contribution is -2.12. The first-order valence-corrected chi connectivity index (χ1v) is 6.73. The molecule has 21 heavy (non-hydrogen) atoms. The van der Waals surface area contributed by atoms with Gasteiger partial charge in [0.25, 0.3) is 5.91 Å². The summed E-state index contributed by atoms with van der Waals surface area (Å²) in [5.74, 6) is -0.141. The van der Waals surface area contributed by atoms with Gasteiger partial charge in [-0.3, -0.25) is 4.79 Å². The van der Waals surface area contributed by atoms with E-state index in [1.165, 1.54) is 0 Å². The molecule has 1 N–H and O–H groups in total. The van der Waals surface area contributed by atoms with Crippen molar-refractivity contribution in [1.82, 2.24) is 0 Å². The maximum atomic E-state index is 12.2. The van der Waals surface area contributed by atoms with Gasteiger partial charge in [0.15, 0.2) is 0 Å². The molecule has 0 saturated carbocycles. The molecule has 0 unspecified atom stereocenters. The summed E-state index contributed by atoms with van der Waals surface area (Å²) >= 11 is 0. The van der Waals surface area contributed by atoms with Crippen LogP contribution < -0.4 is 5.32 Å². The second kappa shape index (κ2) is 5.78.